The van der Waals surface area contributed by atoms with Crippen LogP contribution < -0.4 is 0 Å². The third-order valence-corrected chi connectivity index (χ3v) is 5.31. The number of hydrogen-bond acceptors (Lipinski definition) is 3. The number of carboxylic acids is 1. The van der Waals surface area contributed by atoms with Crippen LogP contribution in [0.25, 0.3) is 0 Å². The zero-order valence-corrected chi connectivity index (χ0v) is 13.3. The molecule has 0 saturated heterocycles. The van der Waals surface area contributed by atoms with Crippen LogP contribution in [0, 0.1) is 5.92 Å². The van der Waals surface area contributed by atoms with E-state index in [0.717, 1.165) is 19.3 Å². The van der Waals surface area contributed by atoms with Gasteiger partial charge >= 0.3 is 5.97 Å². The molecular formula is C19H21FO4. The molecule has 4 nitrogen and oxygen atoms in total. The van der Waals surface area contributed by atoms with E-state index in [2.05, 4.69) is 0 Å². The molecule has 128 valence electrons. The van der Waals surface area contributed by atoms with Crippen molar-refractivity contribution in [1.29, 1.82) is 0 Å². The van der Waals surface area contributed by atoms with E-state index in [1.807, 2.05) is 0 Å². The van der Waals surface area contributed by atoms with E-state index in [1.54, 1.807) is 6.07 Å². The normalized spacial score (nSPS) is 28.6. The molecule has 0 radical (unpaired) electrons. The lowest BCUT2D eigenvalue weighted by molar-refractivity contribution is -0.138. The lowest BCUT2D eigenvalue weighted by Crippen LogP contribution is -2.48. The molecule has 1 fully saturated rings. The van der Waals surface area contributed by atoms with E-state index >= 15 is 4.39 Å². The van der Waals surface area contributed by atoms with E-state index in [9.17, 15) is 15.0 Å². The molecule has 1 aromatic rings. The minimum atomic E-state index is -1.87. The molecule has 5 heteroatoms. The van der Waals surface area contributed by atoms with Crippen molar-refractivity contribution in [3.63, 3.8) is 0 Å². The highest BCUT2D eigenvalue weighted by atomic mass is 19.1. The maximum absolute atomic E-state index is 16.0. The minimum Gasteiger partial charge on any atom is -0.508 e. The second-order valence-electron chi connectivity index (χ2n) is 6.69. The van der Waals surface area contributed by atoms with Crippen LogP contribution in [-0.2, 0) is 10.2 Å². The molecule has 0 bridgehead atoms. The Kier molecular flexibility index (Phi) is 4.11. The number of aromatic hydroxyl groups is 2. The van der Waals surface area contributed by atoms with Crippen LogP contribution >= 0.6 is 0 Å². The van der Waals surface area contributed by atoms with Crippen LogP contribution in [0.3, 0.4) is 0 Å². The number of carbonyl (C=O) groups is 1. The molecule has 0 amide bonds. The zero-order chi connectivity index (χ0) is 17.4. The van der Waals surface area contributed by atoms with E-state index in [1.165, 1.54) is 36.4 Å². The fraction of sp³-hybridized carbons (Fsp3) is 0.421. The summed E-state index contributed by atoms with van der Waals surface area (Å²) in [6.45, 7) is 0. The molecule has 2 aliphatic rings. The lowest BCUT2D eigenvalue weighted by Gasteiger charge is -2.47. The van der Waals surface area contributed by atoms with Crippen LogP contribution in [0.4, 0.5) is 4.39 Å². The number of aliphatic carboxylic acids is 1. The topological polar surface area (TPSA) is 77.8 Å². The van der Waals surface area contributed by atoms with Gasteiger partial charge in [0, 0.05) is 17.0 Å². The van der Waals surface area contributed by atoms with Gasteiger partial charge < -0.3 is 15.3 Å². The van der Waals surface area contributed by atoms with Crippen LogP contribution in [0.5, 0.6) is 11.5 Å². The van der Waals surface area contributed by atoms with E-state index in [4.69, 9.17) is 5.11 Å². The fourth-order valence-electron chi connectivity index (χ4n) is 4.03. The molecule has 3 rings (SSSR count). The van der Waals surface area contributed by atoms with Gasteiger partial charge in [0.25, 0.3) is 0 Å². The Morgan fingerprint density at radius 1 is 1.08 bits per heavy atom. The zero-order valence-electron chi connectivity index (χ0n) is 13.3. The molecule has 1 aromatic carbocycles. The first kappa shape index (κ1) is 16.6. The van der Waals surface area contributed by atoms with E-state index < -0.39 is 23.0 Å². The van der Waals surface area contributed by atoms with Gasteiger partial charge in [-0.3, -0.25) is 4.79 Å². The number of alkyl halides is 1. The summed E-state index contributed by atoms with van der Waals surface area (Å²) in [5, 5.41) is 29.0. The summed E-state index contributed by atoms with van der Waals surface area (Å²) in [5.41, 5.74) is -2.36. The third-order valence-electron chi connectivity index (χ3n) is 5.31. The Bertz CT molecular complexity index is 687. The third kappa shape index (κ3) is 2.58. The highest BCUT2D eigenvalue weighted by Crippen LogP contribution is 2.54. The maximum atomic E-state index is 16.0. The summed E-state index contributed by atoms with van der Waals surface area (Å²) in [5.74, 6) is -2.05. The summed E-state index contributed by atoms with van der Waals surface area (Å²) < 4.78 is 16.0. The maximum Gasteiger partial charge on any atom is 0.314 e. The monoisotopic (exact) mass is 332 g/mol. The van der Waals surface area contributed by atoms with E-state index in [0.29, 0.717) is 18.4 Å². The first-order chi connectivity index (χ1) is 11.4. The van der Waals surface area contributed by atoms with Gasteiger partial charge in [0.15, 0.2) is 5.67 Å². The van der Waals surface area contributed by atoms with Gasteiger partial charge in [-0.1, -0.05) is 37.5 Å². The second kappa shape index (κ2) is 5.96. The number of rotatable bonds is 3. The summed E-state index contributed by atoms with van der Waals surface area (Å²) in [7, 11) is 0. The highest BCUT2D eigenvalue weighted by Gasteiger charge is 2.52. The molecule has 0 spiro atoms. The number of hydrogen-bond donors (Lipinski definition) is 3. The standard InChI is InChI=1S/C19H21FO4/c20-19(10-6-13(7-11-19)17(23)24)18(8-2-1-3-9-18)15-5-4-14(21)12-16(15)22/h4-7,10-13,21-22H,1-3,8-9H2,(H,23,24)/t13-,19-. The Hall–Kier alpha value is -2.30. The van der Waals surface area contributed by atoms with Gasteiger partial charge in [-0.15, -0.1) is 0 Å². The molecule has 0 atom stereocenters. The number of benzene rings is 1. The first-order valence-electron chi connectivity index (χ1n) is 8.21. The summed E-state index contributed by atoms with van der Waals surface area (Å²) >= 11 is 0. The molecule has 0 aliphatic heterocycles. The minimum absolute atomic E-state index is 0.0733. The van der Waals surface area contributed by atoms with Gasteiger partial charge in [-0.05, 0) is 31.1 Å². The molecule has 0 heterocycles. The molecule has 2 aliphatic carbocycles. The number of allylic oxidation sites excluding steroid dienone is 2. The molecule has 3 N–H and O–H groups in total. The van der Waals surface area contributed by atoms with Gasteiger partial charge in [-0.2, -0.15) is 0 Å². The average Bonchev–Trinajstić information content (AvgIpc) is 2.55. The van der Waals surface area contributed by atoms with E-state index in [-0.39, 0.29) is 11.5 Å². The largest absolute Gasteiger partial charge is 0.508 e. The predicted octanol–water partition coefficient (Wildman–Crippen LogP) is 3.83. The highest BCUT2D eigenvalue weighted by molar-refractivity contribution is 5.75. The Balaban J connectivity index is 2.09. The smallest absolute Gasteiger partial charge is 0.314 e. The van der Waals surface area contributed by atoms with Crippen molar-refractivity contribution in [2.24, 2.45) is 5.92 Å². The van der Waals surface area contributed by atoms with Crippen LogP contribution in [-0.4, -0.2) is 27.0 Å². The molecule has 0 unspecified atom stereocenters. The van der Waals surface area contributed by atoms with Gasteiger partial charge in [-0.25, -0.2) is 4.39 Å². The summed E-state index contributed by atoms with van der Waals surface area (Å²) in [4.78, 5) is 11.1. The predicted molar refractivity (Wildman–Crippen MR) is 87.8 cm³/mol. The fourth-order valence-corrected chi connectivity index (χ4v) is 4.03. The number of halogens is 1. The van der Waals surface area contributed by atoms with Crippen LogP contribution in [0.1, 0.15) is 37.7 Å². The Morgan fingerprint density at radius 2 is 1.71 bits per heavy atom. The van der Waals surface area contributed by atoms with Crippen molar-refractivity contribution < 1.29 is 24.5 Å². The van der Waals surface area contributed by atoms with Crippen molar-refractivity contribution in [2.45, 2.75) is 43.2 Å². The number of carboxylic acid groups (broad SMARTS) is 1. The molecular weight excluding hydrogens is 311 g/mol. The van der Waals surface area contributed by atoms with Crippen molar-refractivity contribution >= 4 is 5.97 Å². The molecule has 0 aromatic heterocycles. The average molecular weight is 332 g/mol. The summed E-state index contributed by atoms with van der Waals surface area (Å²) in [6, 6.07) is 4.25. The van der Waals surface area contributed by atoms with Crippen LogP contribution in [0.15, 0.2) is 42.5 Å². The summed E-state index contributed by atoms with van der Waals surface area (Å²) in [6.07, 6.45) is 9.15. The quantitative estimate of drug-likeness (QED) is 0.735. The number of phenols is 2. The molecule has 24 heavy (non-hydrogen) atoms. The van der Waals surface area contributed by atoms with Crippen LogP contribution in [0.2, 0.25) is 0 Å². The van der Waals surface area contributed by atoms with Gasteiger partial charge in [0.2, 0.25) is 0 Å². The number of phenolic OH excluding ortho intramolecular Hbond substituents is 2. The molecule has 1 saturated carbocycles. The van der Waals surface area contributed by atoms with Crippen molar-refractivity contribution in [1.82, 2.24) is 0 Å². The first-order valence-corrected chi connectivity index (χ1v) is 8.21. The Morgan fingerprint density at radius 3 is 2.25 bits per heavy atom. The van der Waals surface area contributed by atoms with Gasteiger partial charge in [0.05, 0.1) is 5.92 Å². The second-order valence-corrected chi connectivity index (χ2v) is 6.69. The lowest BCUT2D eigenvalue weighted by atomic mass is 9.59. The SMILES string of the molecule is O=C(O)[C@H]1C=C[C@@](F)(C2(c3ccc(O)cc3O)CCCCC2)C=C1. The van der Waals surface area contributed by atoms with Crippen molar-refractivity contribution in [2.75, 3.05) is 0 Å². The van der Waals surface area contributed by atoms with Crippen molar-refractivity contribution in [3.8, 4) is 11.5 Å². The van der Waals surface area contributed by atoms with Gasteiger partial charge in [0.1, 0.15) is 11.5 Å². The van der Waals surface area contributed by atoms with Crippen molar-refractivity contribution in [3.05, 3.63) is 48.1 Å². The Labute approximate surface area is 139 Å².